The Balaban J connectivity index is 2.38. The lowest BCUT2D eigenvalue weighted by Gasteiger charge is -2.10. The SMILES string of the molecule is COC(=O)c1ccc(C(=O)OC)c(NC(=O)c2ccc(Br)o2)c1. The summed E-state index contributed by atoms with van der Waals surface area (Å²) in [6.45, 7) is 0. The quantitative estimate of drug-likeness (QED) is 0.818. The van der Waals surface area contributed by atoms with Gasteiger partial charge in [-0.3, -0.25) is 4.79 Å². The van der Waals surface area contributed by atoms with Gasteiger partial charge in [0.15, 0.2) is 10.4 Å². The minimum absolute atomic E-state index is 0.0381. The van der Waals surface area contributed by atoms with Crippen molar-refractivity contribution in [2.45, 2.75) is 0 Å². The van der Waals surface area contributed by atoms with Gasteiger partial charge in [-0.15, -0.1) is 0 Å². The van der Waals surface area contributed by atoms with E-state index < -0.39 is 17.8 Å². The van der Waals surface area contributed by atoms with Crippen LogP contribution in [-0.2, 0) is 9.47 Å². The van der Waals surface area contributed by atoms with Crippen LogP contribution in [0.3, 0.4) is 0 Å². The third-order valence-corrected chi connectivity index (χ3v) is 3.32. The number of hydrogen-bond acceptors (Lipinski definition) is 6. The average Bonchev–Trinajstić information content (AvgIpc) is 3.00. The van der Waals surface area contributed by atoms with Crippen LogP contribution in [0.25, 0.3) is 0 Å². The van der Waals surface area contributed by atoms with Crippen LogP contribution in [0.5, 0.6) is 0 Å². The molecule has 0 aliphatic carbocycles. The van der Waals surface area contributed by atoms with Crippen molar-refractivity contribution in [3.05, 3.63) is 51.9 Å². The van der Waals surface area contributed by atoms with Crippen LogP contribution in [-0.4, -0.2) is 32.1 Å². The van der Waals surface area contributed by atoms with Crippen LogP contribution < -0.4 is 5.32 Å². The summed E-state index contributed by atoms with van der Waals surface area (Å²) in [6.07, 6.45) is 0. The highest BCUT2D eigenvalue weighted by Crippen LogP contribution is 2.22. The van der Waals surface area contributed by atoms with Gasteiger partial charge in [0.2, 0.25) is 0 Å². The smallest absolute Gasteiger partial charge is 0.339 e. The number of hydrogen-bond donors (Lipinski definition) is 1. The zero-order valence-electron chi connectivity index (χ0n) is 12.2. The molecule has 8 heteroatoms. The van der Waals surface area contributed by atoms with E-state index in [0.29, 0.717) is 4.67 Å². The molecular weight excluding hydrogens is 370 g/mol. The van der Waals surface area contributed by atoms with E-state index in [-0.39, 0.29) is 22.6 Å². The second kappa shape index (κ2) is 7.10. The molecule has 0 unspecified atom stereocenters. The lowest BCUT2D eigenvalue weighted by atomic mass is 10.1. The van der Waals surface area contributed by atoms with Crippen LogP contribution >= 0.6 is 15.9 Å². The van der Waals surface area contributed by atoms with Gasteiger partial charge in [0.25, 0.3) is 5.91 Å². The predicted octanol–water partition coefficient (Wildman–Crippen LogP) is 2.87. The molecule has 0 radical (unpaired) electrons. The minimum Gasteiger partial charge on any atom is -0.465 e. The molecule has 1 heterocycles. The van der Waals surface area contributed by atoms with E-state index in [2.05, 4.69) is 30.7 Å². The van der Waals surface area contributed by atoms with Crippen molar-refractivity contribution in [3.63, 3.8) is 0 Å². The number of benzene rings is 1. The second-order valence-corrected chi connectivity index (χ2v) is 5.08. The summed E-state index contributed by atoms with van der Waals surface area (Å²) < 4.78 is 14.8. The number of halogens is 1. The van der Waals surface area contributed by atoms with Crippen LogP contribution in [0.15, 0.2) is 39.4 Å². The van der Waals surface area contributed by atoms with Crippen molar-refractivity contribution >= 4 is 39.5 Å². The molecule has 1 aromatic carbocycles. The van der Waals surface area contributed by atoms with Crippen molar-refractivity contribution in [2.75, 3.05) is 19.5 Å². The highest BCUT2D eigenvalue weighted by atomic mass is 79.9. The van der Waals surface area contributed by atoms with Crippen molar-refractivity contribution in [2.24, 2.45) is 0 Å². The number of furan rings is 1. The number of nitrogens with one attached hydrogen (secondary N) is 1. The third-order valence-electron chi connectivity index (χ3n) is 2.89. The standard InChI is InChI=1S/C15H12BrNO6/c1-21-14(19)8-3-4-9(15(20)22-2)10(7-8)17-13(18)11-5-6-12(16)23-11/h3-7H,1-2H3,(H,17,18). The second-order valence-electron chi connectivity index (χ2n) is 4.30. The van der Waals surface area contributed by atoms with E-state index in [1.54, 1.807) is 6.07 Å². The maximum Gasteiger partial charge on any atom is 0.339 e. The Morgan fingerprint density at radius 2 is 1.74 bits per heavy atom. The molecule has 0 saturated carbocycles. The van der Waals surface area contributed by atoms with E-state index in [0.717, 1.165) is 0 Å². The Hall–Kier alpha value is -2.61. The highest BCUT2D eigenvalue weighted by molar-refractivity contribution is 9.10. The number of anilines is 1. The first-order chi connectivity index (χ1) is 11.0. The molecule has 0 fully saturated rings. The fraction of sp³-hybridized carbons (Fsp3) is 0.133. The number of ether oxygens (including phenoxy) is 2. The van der Waals surface area contributed by atoms with Crippen LogP contribution in [0.2, 0.25) is 0 Å². The van der Waals surface area contributed by atoms with E-state index in [1.165, 1.54) is 38.5 Å². The summed E-state index contributed by atoms with van der Waals surface area (Å²) in [6, 6.07) is 7.11. The first kappa shape index (κ1) is 16.8. The molecule has 1 N–H and O–H groups in total. The lowest BCUT2D eigenvalue weighted by molar-refractivity contribution is 0.0587. The normalized spacial score (nSPS) is 10.0. The monoisotopic (exact) mass is 381 g/mol. The van der Waals surface area contributed by atoms with E-state index in [1.807, 2.05) is 0 Å². The molecule has 23 heavy (non-hydrogen) atoms. The highest BCUT2D eigenvalue weighted by Gasteiger charge is 2.19. The molecule has 2 rings (SSSR count). The van der Waals surface area contributed by atoms with Gasteiger partial charge in [-0.2, -0.15) is 0 Å². The summed E-state index contributed by atoms with van der Waals surface area (Å²) in [4.78, 5) is 35.5. The maximum atomic E-state index is 12.1. The third kappa shape index (κ3) is 3.78. The van der Waals surface area contributed by atoms with Gasteiger partial charge in [-0.05, 0) is 46.3 Å². The van der Waals surface area contributed by atoms with Crippen molar-refractivity contribution in [3.8, 4) is 0 Å². The van der Waals surface area contributed by atoms with Crippen molar-refractivity contribution in [1.29, 1.82) is 0 Å². The zero-order valence-corrected chi connectivity index (χ0v) is 13.8. The van der Waals surface area contributed by atoms with Crippen LogP contribution in [0, 0.1) is 0 Å². The molecule has 120 valence electrons. The summed E-state index contributed by atoms with van der Waals surface area (Å²) >= 11 is 3.09. The molecule has 0 bridgehead atoms. The predicted molar refractivity (Wildman–Crippen MR) is 83.5 cm³/mol. The molecule has 2 aromatic rings. The van der Waals surface area contributed by atoms with E-state index >= 15 is 0 Å². The molecule has 1 amide bonds. The lowest BCUT2D eigenvalue weighted by Crippen LogP contribution is -2.16. The minimum atomic E-state index is -0.655. The van der Waals surface area contributed by atoms with Crippen molar-refractivity contribution < 1.29 is 28.3 Å². The van der Waals surface area contributed by atoms with Crippen molar-refractivity contribution in [1.82, 2.24) is 0 Å². The Kier molecular flexibility index (Phi) is 5.17. The molecule has 0 aliphatic rings. The fourth-order valence-corrected chi connectivity index (χ4v) is 2.11. The van der Waals surface area contributed by atoms with Gasteiger partial charge in [-0.1, -0.05) is 0 Å². The van der Waals surface area contributed by atoms with E-state index in [9.17, 15) is 14.4 Å². The van der Waals surface area contributed by atoms with Gasteiger partial charge < -0.3 is 19.2 Å². The fourth-order valence-electron chi connectivity index (χ4n) is 1.80. The Morgan fingerprint density at radius 1 is 1.04 bits per heavy atom. The summed E-state index contributed by atoms with van der Waals surface area (Å²) in [5.41, 5.74) is 0.382. The topological polar surface area (TPSA) is 94.8 Å². The van der Waals surface area contributed by atoms with Gasteiger partial charge >= 0.3 is 11.9 Å². The van der Waals surface area contributed by atoms with E-state index in [4.69, 9.17) is 4.42 Å². The van der Waals surface area contributed by atoms with Gasteiger partial charge in [0, 0.05) is 0 Å². The summed E-state index contributed by atoms with van der Waals surface area (Å²) in [7, 11) is 2.45. The van der Waals surface area contributed by atoms with Gasteiger partial charge in [0.1, 0.15) is 0 Å². The summed E-state index contributed by atoms with van der Waals surface area (Å²) in [5.74, 6) is -1.80. The number of carbonyl (C=O) groups is 3. The largest absolute Gasteiger partial charge is 0.465 e. The molecule has 0 aliphatic heterocycles. The first-order valence-electron chi connectivity index (χ1n) is 6.33. The summed E-state index contributed by atoms with van der Waals surface area (Å²) in [5, 5.41) is 2.51. The average molecular weight is 382 g/mol. The number of methoxy groups -OCH3 is 2. The molecule has 0 atom stereocenters. The number of carbonyl (C=O) groups excluding carboxylic acids is 3. The molecule has 1 aromatic heterocycles. The van der Waals surface area contributed by atoms with Crippen LogP contribution in [0.1, 0.15) is 31.3 Å². The van der Waals surface area contributed by atoms with Crippen LogP contribution in [0.4, 0.5) is 5.69 Å². The zero-order chi connectivity index (χ0) is 17.0. The number of esters is 2. The Bertz CT molecular complexity index is 767. The molecule has 0 spiro atoms. The molecular formula is C15H12BrNO6. The Morgan fingerprint density at radius 3 is 2.30 bits per heavy atom. The van der Waals surface area contributed by atoms with Gasteiger partial charge in [0.05, 0.1) is 31.0 Å². The maximum absolute atomic E-state index is 12.1. The number of rotatable bonds is 4. The van der Waals surface area contributed by atoms with Gasteiger partial charge in [-0.25, -0.2) is 9.59 Å². The number of amides is 1. The molecule has 0 saturated heterocycles. The Labute approximate surface area is 139 Å². The molecule has 7 nitrogen and oxygen atoms in total. The first-order valence-corrected chi connectivity index (χ1v) is 7.13.